The number of aliphatic carboxylic acids is 1. The van der Waals surface area contributed by atoms with Gasteiger partial charge in [0.1, 0.15) is 23.7 Å². The van der Waals surface area contributed by atoms with Gasteiger partial charge in [-0.05, 0) is 61.6 Å². The number of quaternary nitrogens is 1. The van der Waals surface area contributed by atoms with Gasteiger partial charge in [0.25, 0.3) is 5.92 Å². The monoisotopic (exact) mass is 600 g/mol. The van der Waals surface area contributed by atoms with E-state index in [4.69, 9.17) is 9.47 Å². The highest BCUT2D eigenvalue weighted by Crippen LogP contribution is 2.69. The van der Waals surface area contributed by atoms with Gasteiger partial charge in [0.15, 0.2) is 0 Å². The van der Waals surface area contributed by atoms with Crippen molar-refractivity contribution in [1.29, 1.82) is 0 Å². The van der Waals surface area contributed by atoms with Gasteiger partial charge in [0, 0.05) is 36.2 Å². The van der Waals surface area contributed by atoms with E-state index in [1.165, 1.54) is 6.07 Å². The third-order valence-corrected chi connectivity index (χ3v) is 10.2. The number of imide groups is 1. The number of nitrogens with zero attached hydrogens (tertiary/aromatic N) is 1. The molecule has 0 bridgehead atoms. The van der Waals surface area contributed by atoms with Gasteiger partial charge in [-0.3, -0.25) is 0 Å². The van der Waals surface area contributed by atoms with Crippen LogP contribution in [-0.2, 0) is 16.1 Å². The van der Waals surface area contributed by atoms with Crippen LogP contribution < -0.4 is 4.74 Å². The van der Waals surface area contributed by atoms with E-state index < -0.39 is 45.6 Å². The van der Waals surface area contributed by atoms with E-state index in [1.807, 2.05) is 6.92 Å². The molecule has 1 saturated heterocycles. The molecule has 0 radical (unpaired) electrons. The molecule has 7 nitrogen and oxygen atoms in total. The molecule has 4 fully saturated rings. The summed E-state index contributed by atoms with van der Waals surface area (Å²) in [4.78, 5) is 39.9. The quantitative estimate of drug-likeness (QED) is 0.322. The van der Waals surface area contributed by atoms with E-state index >= 15 is 4.39 Å². The number of hydrogen-bond donors (Lipinski definition) is 1. The lowest BCUT2D eigenvalue weighted by molar-refractivity contribution is -0.780. The Bertz CT molecular complexity index is 1430. The van der Waals surface area contributed by atoms with Crippen LogP contribution in [0.1, 0.15) is 92.1 Å². The highest BCUT2D eigenvalue weighted by atomic mass is 19.3. The van der Waals surface area contributed by atoms with Gasteiger partial charge >= 0.3 is 18.0 Å². The Hall–Kier alpha value is -3.40. The third-order valence-electron chi connectivity index (χ3n) is 10.2. The van der Waals surface area contributed by atoms with Crippen LogP contribution in [0.25, 0.3) is 0 Å². The fourth-order valence-corrected chi connectivity index (χ4v) is 7.04. The number of carboxylic acid groups (broad SMARTS) is 1. The van der Waals surface area contributed by atoms with Crippen LogP contribution in [0.3, 0.4) is 0 Å². The van der Waals surface area contributed by atoms with Crippen LogP contribution >= 0.6 is 0 Å². The lowest BCUT2D eigenvalue weighted by Gasteiger charge is -2.37. The molecule has 4 aliphatic rings. The van der Waals surface area contributed by atoms with Crippen molar-refractivity contribution in [3.63, 3.8) is 0 Å². The molecule has 2 atom stereocenters. The number of carboxylic acids is 1. The van der Waals surface area contributed by atoms with Crippen molar-refractivity contribution in [2.45, 2.75) is 89.2 Å². The Balaban J connectivity index is 1.24. The third kappa shape index (κ3) is 5.32. The molecule has 1 aliphatic heterocycles. The average molecular weight is 601 g/mol. The number of alkyl halides is 2. The minimum atomic E-state index is -2.58. The number of amides is 2. The van der Waals surface area contributed by atoms with Gasteiger partial charge in [0.05, 0.1) is 13.2 Å². The first kappa shape index (κ1) is 29.7. The maximum absolute atomic E-state index is 15.8. The second kappa shape index (κ2) is 10.6. The fourth-order valence-electron chi connectivity index (χ4n) is 7.04. The highest BCUT2D eigenvalue weighted by molar-refractivity contribution is 5.97. The number of likely N-dealkylation sites (tertiary alicyclic amines) is 1. The van der Waals surface area contributed by atoms with Gasteiger partial charge in [-0.1, -0.05) is 37.3 Å². The number of ether oxygens (including phenoxy) is 2. The summed E-state index contributed by atoms with van der Waals surface area (Å²) in [6.07, 6.45) is 2.97. The molecule has 1 spiro atoms. The van der Waals surface area contributed by atoms with Gasteiger partial charge in [-0.15, -0.1) is 4.48 Å². The Labute approximate surface area is 248 Å². The average Bonchev–Trinajstić information content (AvgIpc) is 3.86. The van der Waals surface area contributed by atoms with Crippen LogP contribution in [0.4, 0.5) is 18.0 Å². The van der Waals surface area contributed by atoms with Gasteiger partial charge in [-0.2, -0.15) is 4.79 Å². The van der Waals surface area contributed by atoms with Gasteiger partial charge in [0.2, 0.25) is 6.04 Å². The van der Waals surface area contributed by atoms with Crippen LogP contribution in [-0.4, -0.2) is 52.7 Å². The zero-order valence-electron chi connectivity index (χ0n) is 24.3. The van der Waals surface area contributed by atoms with Crippen molar-refractivity contribution in [2.24, 2.45) is 10.8 Å². The van der Waals surface area contributed by atoms with Crippen molar-refractivity contribution in [1.82, 2.24) is 0 Å². The summed E-state index contributed by atoms with van der Waals surface area (Å²) >= 11 is 0. The second-order valence-corrected chi connectivity index (χ2v) is 13.3. The van der Waals surface area contributed by atoms with E-state index in [9.17, 15) is 28.3 Å². The zero-order valence-corrected chi connectivity index (χ0v) is 24.3. The Morgan fingerprint density at radius 2 is 1.70 bits per heavy atom. The molecule has 2 amide bonds. The molecule has 2 aromatic carbocycles. The van der Waals surface area contributed by atoms with Crippen LogP contribution in [0.2, 0.25) is 0 Å². The van der Waals surface area contributed by atoms with E-state index in [0.717, 1.165) is 18.9 Å². The van der Waals surface area contributed by atoms with Gasteiger partial charge < -0.3 is 14.6 Å². The smallest absolute Gasteiger partial charge is 0.493 e. The standard InChI is InChI=1S/C33H36F3NO6/c1-31(11-13-32(14-12-31)19-33(32,35)36)20-43-27-17-25(34)24(16-23(27)22-9-10-22)28(38)37(15-5-8-26(37)29(39)40)30(41)42-18-21-6-3-2-4-7-21/h2-4,6-7,16-17,22,26H,5,8-15,18-20H2,1H3/p+1/t26-,31?,32?,37?/m0/s1. The first-order chi connectivity index (χ1) is 20.4. The molecule has 43 heavy (non-hydrogen) atoms. The fraction of sp³-hybridized carbons (Fsp3) is 0.545. The predicted octanol–water partition coefficient (Wildman–Crippen LogP) is 7.23. The molecule has 1 heterocycles. The predicted molar refractivity (Wildman–Crippen MR) is 149 cm³/mol. The van der Waals surface area contributed by atoms with Crippen molar-refractivity contribution >= 4 is 18.0 Å². The summed E-state index contributed by atoms with van der Waals surface area (Å²) < 4.78 is 54.1. The summed E-state index contributed by atoms with van der Waals surface area (Å²) in [5.74, 6) is -5.41. The number of carbonyl (C=O) groups excluding carboxylic acids is 2. The number of rotatable bonds is 8. The molecule has 3 aliphatic carbocycles. The van der Waals surface area contributed by atoms with E-state index in [1.54, 1.807) is 30.3 Å². The molecule has 0 aromatic heterocycles. The summed E-state index contributed by atoms with van der Waals surface area (Å²) in [5.41, 5.74) is -0.261. The van der Waals surface area contributed by atoms with Crippen molar-refractivity contribution in [3.05, 3.63) is 65.0 Å². The molecular weight excluding hydrogens is 563 g/mol. The first-order valence-corrected chi connectivity index (χ1v) is 15.1. The molecule has 10 heteroatoms. The molecule has 230 valence electrons. The SMILES string of the molecule is CC1(COc2cc(F)c(C(=O)[N+]3(C(=O)OCc4ccccc4)CCC[C@H]3C(=O)O)cc2C2CC2)CCC2(CC1)CC2(F)F. The summed E-state index contributed by atoms with van der Waals surface area (Å²) in [6.45, 7) is 1.96. The number of hydrogen-bond acceptors (Lipinski definition) is 5. The minimum Gasteiger partial charge on any atom is -0.493 e. The van der Waals surface area contributed by atoms with E-state index in [2.05, 4.69) is 0 Å². The Morgan fingerprint density at radius 1 is 1.02 bits per heavy atom. The molecule has 2 aromatic rings. The van der Waals surface area contributed by atoms with Crippen LogP contribution in [0.15, 0.2) is 42.5 Å². The Morgan fingerprint density at radius 3 is 2.30 bits per heavy atom. The summed E-state index contributed by atoms with van der Waals surface area (Å²) in [6, 6.07) is 9.99. The zero-order chi connectivity index (χ0) is 30.6. The van der Waals surface area contributed by atoms with Crippen molar-refractivity contribution in [2.75, 3.05) is 13.2 Å². The van der Waals surface area contributed by atoms with E-state index in [0.29, 0.717) is 42.6 Å². The molecule has 6 rings (SSSR count). The second-order valence-electron chi connectivity index (χ2n) is 13.3. The molecular formula is C33H37F3NO6+. The minimum absolute atomic E-state index is 0.0436. The molecule has 1 N–H and O–H groups in total. The number of benzene rings is 2. The normalized spacial score (nSPS) is 31.0. The molecule has 1 unspecified atom stereocenters. The van der Waals surface area contributed by atoms with Crippen molar-refractivity contribution < 1.29 is 46.6 Å². The lowest BCUT2D eigenvalue weighted by atomic mass is 9.70. The first-order valence-electron chi connectivity index (χ1n) is 15.1. The van der Waals surface area contributed by atoms with Crippen LogP contribution in [0.5, 0.6) is 5.75 Å². The summed E-state index contributed by atoms with van der Waals surface area (Å²) in [5, 5.41) is 10.00. The number of carbonyl (C=O) groups is 3. The topological polar surface area (TPSA) is 89.9 Å². The summed E-state index contributed by atoms with van der Waals surface area (Å²) in [7, 11) is 0. The maximum Gasteiger partial charge on any atom is 0.524 e. The lowest BCUT2D eigenvalue weighted by Crippen LogP contribution is -2.62. The Kier molecular flexibility index (Phi) is 7.34. The maximum atomic E-state index is 15.8. The van der Waals surface area contributed by atoms with Crippen LogP contribution in [0, 0.1) is 16.6 Å². The molecule has 3 saturated carbocycles. The largest absolute Gasteiger partial charge is 0.524 e. The van der Waals surface area contributed by atoms with E-state index in [-0.39, 0.29) is 55.9 Å². The highest BCUT2D eigenvalue weighted by Gasteiger charge is 2.71. The van der Waals surface area contributed by atoms with Gasteiger partial charge in [-0.25, -0.2) is 22.8 Å². The van der Waals surface area contributed by atoms with Crippen molar-refractivity contribution in [3.8, 4) is 5.75 Å². The number of halogens is 3.